The smallest absolute Gasteiger partial charge is 0.366 e. The van der Waals surface area contributed by atoms with Crippen molar-refractivity contribution in [3.8, 4) is 0 Å². The molecule has 0 amide bonds. The number of nitrogens with zero attached hydrogens (tertiary/aromatic N) is 8. The summed E-state index contributed by atoms with van der Waals surface area (Å²) >= 11 is 6.82. The molecule has 2 aromatic rings. The van der Waals surface area contributed by atoms with E-state index in [9.17, 15) is 0 Å². The Hall–Kier alpha value is -1.07. The third-order valence-electron chi connectivity index (χ3n) is 2.72. The van der Waals surface area contributed by atoms with Crippen molar-refractivity contribution in [1.29, 1.82) is 0 Å². The molecule has 2 heterocycles. The van der Waals surface area contributed by atoms with Crippen LogP contribution in [0.25, 0.3) is 21.2 Å². The Balaban J connectivity index is 2.63. The molecule has 136 valence electrons. The van der Waals surface area contributed by atoms with Crippen LogP contribution in [0.4, 0.5) is 11.5 Å². The highest BCUT2D eigenvalue weighted by atomic mass is 79.9. The lowest BCUT2D eigenvalue weighted by atomic mass is 10.4. The van der Waals surface area contributed by atoms with Crippen LogP contribution in [0, 0.1) is 0 Å². The number of hydrogen-bond acceptors (Lipinski definition) is 7. The van der Waals surface area contributed by atoms with Crippen molar-refractivity contribution in [2.24, 2.45) is 5.11 Å². The molecule has 0 atom stereocenters. The van der Waals surface area contributed by atoms with Gasteiger partial charge < -0.3 is 5.09 Å². The van der Waals surface area contributed by atoms with Gasteiger partial charge in [-0.15, -0.1) is 5.10 Å². The summed E-state index contributed by atoms with van der Waals surface area (Å²) < 4.78 is 19.3. The summed E-state index contributed by atoms with van der Waals surface area (Å²) in [6, 6.07) is 0. The fourth-order valence-corrected chi connectivity index (χ4v) is 5.32. The van der Waals surface area contributed by atoms with Crippen molar-refractivity contribution in [1.82, 2.24) is 20.0 Å². The van der Waals surface area contributed by atoms with Crippen LogP contribution in [0.2, 0.25) is 0 Å². The first kappa shape index (κ1) is 20.2. The molecule has 0 saturated heterocycles. The summed E-state index contributed by atoms with van der Waals surface area (Å²) in [5.41, 5.74) is 9.53. The van der Waals surface area contributed by atoms with Crippen molar-refractivity contribution in [3.05, 3.63) is 24.5 Å². The summed E-state index contributed by atoms with van der Waals surface area (Å²) in [6.07, 6.45) is 0. The fourth-order valence-electron chi connectivity index (χ4n) is 1.89. The highest BCUT2D eigenvalue weighted by Gasteiger charge is 2.36. The Kier molecular flexibility index (Phi) is 7.32. The fraction of sp³-hybridized carbons (Fsp3) is 0.545. The molecule has 0 fully saturated rings. The van der Waals surface area contributed by atoms with E-state index in [0.717, 1.165) is 0 Å². The van der Waals surface area contributed by atoms with Crippen LogP contribution in [0.5, 0.6) is 0 Å². The number of rotatable bonds is 9. The minimum absolute atomic E-state index is 0.145. The van der Waals surface area contributed by atoms with Gasteiger partial charge in [-0.25, -0.2) is 0 Å². The molecule has 25 heavy (non-hydrogen) atoms. The molecule has 0 aliphatic carbocycles. The van der Waals surface area contributed by atoms with Crippen LogP contribution in [0.1, 0.15) is 20.8 Å². The molecule has 0 aliphatic rings. The third-order valence-corrected chi connectivity index (χ3v) is 6.38. The highest BCUT2D eigenvalue weighted by molar-refractivity contribution is 9.11. The first-order valence-electron chi connectivity index (χ1n) is 7.23. The average Bonchev–Trinajstić information content (AvgIpc) is 3.06. The largest absolute Gasteiger partial charge is 0.444 e. The summed E-state index contributed by atoms with van der Waals surface area (Å²) in [6.45, 7) is 6.52. The lowest BCUT2D eigenvalue weighted by Gasteiger charge is -2.33. The summed E-state index contributed by atoms with van der Waals surface area (Å²) in [5, 5.41) is 19.5. The van der Waals surface area contributed by atoms with E-state index in [2.05, 4.69) is 62.5 Å². The van der Waals surface area contributed by atoms with Gasteiger partial charge in [-0.3, -0.25) is 0 Å². The van der Waals surface area contributed by atoms with Gasteiger partial charge in [-0.1, -0.05) is 5.69 Å². The third kappa shape index (κ3) is 4.20. The summed E-state index contributed by atoms with van der Waals surface area (Å²) in [7, 11) is -3.02. The Morgan fingerprint density at radius 2 is 1.76 bits per heavy atom. The first-order valence-corrected chi connectivity index (χ1v) is 10.3. The maximum absolute atomic E-state index is 8.83. The number of pyridine rings is 1. The van der Waals surface area contributed by atoms with E-state index >= 15 is 0 Å². The van der Waals surface area contributed by atoms with E-state index in [4.69, 9.17) is 19.1 Å². The lowest BCUT2D eigenvalue weighted by molar-refractivity contribution is 0.158. The molecule has 0 bridgehead atoms. The first-order chi connectivity index (χ1) is 12.0. The predicted molar refractivity (Wildman–Crippen MR) is 99.8 cm³/mol. The standard InChI is InChI=1S/C11H15Br2N8O3P/c1-4-22-25(23-5-2,24-6-3)17-9-7(12)10(15-18-14)21-11(8(9)13)16-19-20-21/h4-6H2,1-3H3. The molecule has 0 unspecified atom stereocenters. The van der Waals surface area contributed by atoms with Gasteiger partial charge in [-0.2, -0.15) is 18.1 Å². The van der Waals surface area contributed by atoms with Crippen molar-refractivity contribution < 1.29 is 13.6 Å². The van der Waals surface area contributed by atoms with E-state index in [0.29, 0.717) is 40.1 Å². The van der Waals surface area contributed by atoms with E-state index in [-0.39, 0.29) is 5.82 Å². The van der Waals surface area contributed by atoms with Gasteiger partial charge in [0.1, 0.15) is 5.82 Å². The molecule has 2 rings (SSSR count). The molecule has 0 spiro atoms. The number of aromatic nitrogens is 4. The summed E-state index contributed by atoms with van der Waals surface area (Å²) in [5.74, 6) is 0.145. The topological polar surface area (TPSA) is 134 Å². The van der Waals surface area contributed by atoms with Crippen LogP contribution in [0.15, 0.2) is 14.1 Å². The second kappa shape index (κ2) is 9.04. The van der Waals surface area contributed by atoms with Gasteiger partial charge in [0.25, 0.3) is 0 Å². The van der Waals surface area contributed by atoms with Gasteiger partial charge >= 0.3 is 8.09 Å². The predicted octanol–water partition coefficient (Wildman–Crippen LogP) is 5.38. The van der Waals surface area contributed by atoms with Crippen molar-refractivity contribution in [2.75, 3.05) is 19.8 Å². The molecule has 14 heteroatoms. The van der Waals surface area contributed by atoms with E-state index < -0.39 is 8.09 Å². The number of tetrazole rings is 1. The molecular weight excluding hydrogens is 483 g/mol. The zero-order chi connectivity index (χ0) is 18.4. The molecule has 0 aliphatic heterocycles. The molecule has 11 nitrogen and oxygen atoms in total. The van der Waals surface area contributed by atoms with E-state index in [1.54, 1.807) is 0 Å². The Labute approximate surface area is 160 Å². The monoisotopic (exact) mass is 496 g/mol. The average molecular weight is 498 g/mol. The highest BCUT2D eigenvalue weighted by Crippen LogP contribution is 2.72. The SMILES string of the molecule is CCO[P+]([N-]c1c(Br)c(N=[N+]=[N-])n2nnnc2c1Br)(OCC)OCC. The van der Waals surface area contributed by atoms with Crippen LogP contribution >= 0.6 is 40.0 Å². The zero-order valence-electron chi connectivity index (χ0n) is 13.6. The molecule has 0 N–H and O–H groups in total. The number of halogens is 2. The number of fused-ring (bicyclic) bond motifs is 1. The van der Waals surface area contributed by atoms with Gasteiger partial charge in [0, 0.05) is 9.38 Å². The number of azide groups is 1. The molecule has 0 saturated carbocycles. The molecule has 0 radical (unpaired) electrons. The van der Waals surface area contributed by atoms with E-state index in [1.165, 1.54) is 4.52 Å². The van der Waals surface area contributed by atoms with Crippen molar-refractivity contribution in [2.45, 2.75) is 20.8 Å². The van der Waals surface area contributed by atoms with Gasteiger partial charge in [0.15, 0.2) is 5.65 Å². The van der Waals surface area contributed by atoms with Gasteiger partial charge in [-0.05, 0) is 73.7 Å². The maximum Gasteiger partial charge on any atom is 0.366 e. The normalized spacial score (nSPS) is 11.6. The van der Waals surface area contributed by atoms with E-state index in [1.807, 2.05) is 20.8 Å². The molecule has 2 aromatic heterocycles. The second-order valence-corrected chi connectivity index (χ2v) is 7.72. The van der Waals surface area contributed by atoms with Crippen LogP contribution in [0.3, 0.4) is 0 Å². The zero-order valence-corrected chi connectivity index (χ0v) is 17.7. The molecule has 0 aromatic carbocycles. The lowest BCUT2D eigenvalue weighted by Crippen LogP contribution is -2.06. The summed E-state index contributed by atoms with van der Waals surface area (Å²) in [4.78, 5) is 2.81. The van der Waals surface area contributed by atoms with Crippen LogP contribution < -0.4 is 0 Å². The maximum atomic E-state index is 8.83. The minimum atomic E-state index is -3.02. The van der Waals surface area contributed by atoms with Crippen LogP contribution in [-0.4, -0.2) is 39.9 Å². The van der Waals surface area contributed by atoms with Gasteiger partial charge in [0.05, 0.1) is 24.3 Å². The Morgan fingerprint density at radius 3 is 2.28 bits per heavy atom. The van der Waals surface area contributed by atoms with Gasteiger partial charge in [0.2, 0.25) is 0 Å². The van der Waals surface area contributed by atoms with Crippen molar-refractivity contribution in [3.63, 3.8) is 0 Å². The van der Waals surface area contributed by atoms with Crippen molar-refractivity contribution >= 4 is 57.1 Å². The van der Waals surface area contributed by atoms with Crippen LogP contribution in [-0.2, 0) is 13.6 Å². The molecular formula is C11H15Br2N8O3P. The number of hydrogen-bond donors (Lipinski definition) is 0. The second-order valence-electron chi connectivity index (χ2n) is 4.23. The Morgan fingerprint density at radius 1 is 1.16 bits per heavy atom. The Bertz CT molecular complexity index is 780. The minimum Gasteiger partial charge on any atom is -0.444 e. The quantitative estimate of drug-likeness (QED) is 0.197.